The van der Waals surface area contributed by atoms with Crippen molar-refractivity contribution in [3.63, 3.8) is 0 Å². The van der Waals surface area contributed by atoms with Gasteiger partial charge in [0.2, 0.25) is 5.91 Å². The number of aliphatic hydroxyl groups excluding tert-OH is 1. The predicted molar refractivity (Wildman–Crippen MR) is 130 cm³/mol. The predicted octanol–water partition coefficient (Wildman–Crippen LogP) is -0.698. The Hall–Kier alpha value is -2.40. The van der Waals surface area contributed by atoms with Crippen molar-refractivity contribution in [2.75, 3.05) is 19.8 Å². The van der Waals surface area contributed by atoms with E-state index < -0.39 is 91.0 Å². The molecule has 0 aromatic heterocycles. The second-order valence-electron chi connectivity index (χ2n) is 10.1. The number of ether oxygens (including phenoxy) is 9. The van der Waals surface area contributed by atoms with Crippen LogP contribution in [0.3, 0.4) is 0 Å². The Morgan fingerprint density at radius 1 is 0.900 bits per heavy atom. The summed E-state index contributed by atoms with van der Waals surface area (Å²) in [6.45, 7) is 9.50. The topological polar surface area (TPSA) is 184 Å². The van der Waals surface area contributed by atoms with E-state index in [9.17, 15) is 24.3 Å². The average molecular weight is 578 g/mol. The third-order valence-electron chi connectivity index (χ3n) is 6.27. The van der Waals surface area contributed by atoms with Gasteiger partial charge < -0.3 is 53.1 Å². The Labute approximate surface area is 231 Å². The van der Waals surface area contributed by atoms with E-state index in [0.717, 1.165) is 13.8 Å². The molecule has 0 aliphatic carbocycles. The lowest BCUT2D eigenvalue weighted by Crippen LogP contribution is -2.66. The van der Waals surface area contributed by atoms with Gasteiger partial charge in [0.15, 0.2) is 30.6 Å². The maximum absolute atomic E-state index is 12.1. The minimum absolute atomic E-state index is 0.320. The largest absolute Gasteiger partial charge is 0.463 e. The zero-order valence-corrected chi connectivity index (χ0v) is 23.6. The first-order valence-corrected chi connectivity index (χ1v) is 13.0. The molecule has 0 spiro atoms. The van der Waals surface area contributed by atoms with Crippen LogP contribution in [0, 0.1) is 0 Å². The maximum Gasteiger partial charge on any atom is 0.303 e. The van der Waals surface area contributed by atoms with Gasteiger partial charge in [-0.05, 0) is 20.8 Å². The molecule has 1 amide bonds. The lowest BCUT2D eigenvalue weighted by Gasteiger charge is -2.45. The minimum atomic E-state index is -1.34. The molecule has 228 valence electrons. The number of aliphatic hydroxyl groups is 1. The summed E-state index contributed by atoms with van der Waals surface area (Å²) in [4.78, 5) is 47.5. The smallest absolute Gasteiger partial charge is 0.303 e. The van der Waals surface area contributed by atoms with E-state index in [2.05, 4.69) is 5.32 Å². The van der Waals surface area contributed by atoms with E-state index >= 15 is 0 Å². The van der Waals surface area contributed by atoms with Crippen molar-refractivity contribution in [2.45, 2.75) is 116 Å². The molecule has 0 saturated carbocycles. The van der Waals surface area contributed by atoms with Gasteiger partial charge in [-0.15, -0.1) is 0 Å². The number of carbonyl (C=O) groups is 4. The molecule has 3 heterocycles. The quantitative estimate of drug-likeness (QED) is 0.232. The van der Waals surface area contributed by atoms with Gasteiger partial charge in [0.25, 0.3) is 0 Å². The Balaban J connectivity index is 1.81. The highest BCUT2D eigenvalue weighted by Crippen LogP contribution is 2.40. The summed E-state index contributed by atoms with van der Waals surface area (Å²) in [6.07, 6.45) is -9.24. The molecule has 3 saturated heterocycles. The van der Waals surface area contributed by atoms with Gasteiger partial charge in [-0.25, -0.2) is 0 Å². The molecule has 0 unspecified atom stereocenters. The number of nitrogens with one attached hydrogen (secondary N) is 1. The van der Waals surface area contributed by atoms with Gasteiger partial charge >= 0.3 is 17.9 Å². The van der Waals surface area contributed by atoms with Gasteiger partial charge in [-0.1, -0.05) is 0 Å². The lowest BCUT2D eigenvalue weighted by molar-refractivity contribution is -0.286. The number of carbonyl (C=O) groups excluding carboxylic acids is 4. The van der Waals surface area contributed by atoms with E-state index in [1.807, 2.05) is 0 Å². The fraction of sp³-hybridized carbons (Fsp3) is 0.840. The number of hydrogen-bond acceptors (Lipinski definition) is 14. The first-order valence-electron chi connectivity index (χ1n) is 13.0. The van der Waals surface area contributed by atoms with E-state index in [-0.39, 0.29) is 13.2 Å². The van der Waals surface area contributed by atoms with Crippen molar-refractivity contribution in [3.05, 3.63) is 0 Å². The van der Waals surface area contributed by atoms with Gasteiger partial charge in [-0.2, -0.15) is 0 Å². The molecule has 40 heavy (non-hydrogen) atoms. The molecule has 15 nitrogen and oxygen atoms in total. The van der Waals surface area contributed by atoms with Crippen molar-refractivity contribution < 1.29 is 66.9 Å². The average Bonchev–Trinajstić information content (AvgIpc) is 3.31. The fourth-order valence-corrected chi connectivity index (χ4v) is 4.92. The van der Waals surface area contributed by atoms with E-state index in [4.69, 9.17) is 42.6 Å². The normalized spacial score (nSPS) is 35.4. The summed E-state index contributed by atoms with van der Waals surface area (Å²) in [5.74, 6) is -3.52. The Kier molecular flexibility index (Phi) is 10.8. The first kappa shape index (κ1) is 32.1. The molecule has 0 radical (unpaired) electrons. The van der Waals surface area contributed by atoms with Crippen LogP contribution in [0.2, 0.25) is 0 Å². The Morgan fingerprint density at radius 2 is 1.55 bits per heavy atom. The van der Waals surface area contributed by atoms with E-state index in [1.54, 1.807) is 20.8 Å². The second kappa shape index (κ2) is 13.5. The minimum Gasteiger partial charge on any atom is -0.463 e. The van der Waals surface area contributed by atoms with Crippen LogP contribution in [0.4, 0.5) is 0 Å². The Morgan fingerprint density at radius 3 is 2.12 bits per heavy atom. The fourth-order valence-electron chi connectivity index (χ4n) is 4.92. The zero-order chi connectivity index (χ0) is 29.8. The van der Waals surface area contributed by atoms with Gasteiger partial charge in [0.05, 0.1) is 6.61 Å². The number of fused-ring (bicyclic) bond motifs is 1. The molecular formula is C25H39NO14. The van der Waals surface area contributed by atoms with Gasteiger partial charge in [0, 0.05) is 34.3 Å². The Bertz CT molecular complexity index is 927. The third-order valence-corrected chi connectivity index (χ3v) is 6.27. The highest BCUT2D eigenvalue weighted by molar-refractivity contribution is 5.73. The van der Waals surface area contributed by atoms with Gasteiger partial charge in [-0.3, -0.25) is 19.2 Å². The second-order valence-corrected chi connectivity index (χ2v) is 10.1. The number of esters is 3. The summed E-state index contributed by atoms with van der Waals surface area (Å²) in [7, 11) is 0. The van der Waals surface area contributed by atoms with Crippen molar-refractivity contribution >= 4 is 23.8 Å². The van der Waals surface area contributed by atoms with Crippen LogP contribution in [-0.2, 0) is 61.8 Å². The van der Waals surface area contributed by atoms with E-state index in [1.165, 1.54) is 13.8 Å². The van der Waals surface area contributed by atoms with Crippen LogP contribution < -0.4 is 5.32 Å². The lowest BCUT2D eigenvalue weighted by atomic mass is 9.96. The van der Waals surface area contributed by atoms with Crippen LogP contribution in [0.25, 0.3) is 0 Å². The number of hydrogen-bond donors (Lipinski definition) is 2. The first-order chi connectivity index (χ1) is 18.7. The summed E-state index contributed by atoms with van der Waals surface area (Å²) in [5, 5.41) is 13.6. The molecule has 0 bridgehead atoms. The zero-order valence-electron chi connectivity index (χ0n) is 23.6. The highest BCUT2D eigenvalue weighted by atomic mass is 16.8. The molecule has 0 aromatic carbocycles. The molecule has 0 aromatic rings. The third kappa shape index (κ3) is 8.09. The van der Waals surface area contributed by atoms with Crippen LogP contribution in [0.15, 0.2) is 0 Å². The summed E-state index contributed by atoms with van der Waals surface area (Å²) < 4.78 is 51.1. The van der Waals surface area contributed by atoms with Crippen molar-refractivity contribution in [2.24, 2.45) is 0 Å². The monoisotopic (exact) mass is 577 g/mol. The van der Waals surface area contributed by atoms with Crippen LogP contribution in [-0.4, -0.2) is 116 Å². The summed E-state index contributed by atoms with van der Waals surface area (Å²) in [5.41, 5.74) is 0. The van der Waals surface area contributed by atoms with Crippen molar-refractivity contribution in [1.82, 2.24) is 5.32 Å². The SMILES string of the molecule is CCO[C@H]1[C@@H]2OC(C)(C)O[C@H]2O[C@H]1[C@H](O)CO[C@@H]1O[C@H](COC(C)=O)[C@H](OC(C)=O)[C@H](OC(C)=O)[C@@H]1NC(C)=O. The number of amides is 1. The van der Waals surface area contributed by atoms with Crippen molar-refractivity contribution in [1.29, 1.82) is 0 Å². The standard InChI is InChI=1S/C25H39NO14/c1-8-32-21-18(38-24-22(21)39-25(6,7)40-24)15(31)9-34-23-17(26-11(2)27)20(36-14(5)30)19(35-13(4)29)16(37-23)10-33-12(3)28/h15-24,31H,8-10H2,1-7H3,(H,26,27)/t15-,16-,17+,18+,19+,20-,21-,22+,23-,24-/m1/s1. The molecule has 3 fully saturated rings. The summed E-state index contributed by atoms with van der Waals surface area (Å²) >= 11 is 0. The summed E-state index contributed by atoms with van der Waals surface area (Å²) in [6, 6.07) is -1.18. The molecular weight excluding hydrogens is 538 g/mol. The molecule has 15 heteroatoms. The van der Waals surface area contributed by atoms with Crippen LogP contribution in [0.1, 0.15) is 48.5 Å². The van der Waals surface area contributed by atoms with E-state index in [0.29, 0.717) is 6.61 Å². The molecule has 3 rings (SSSR count). The van der Waals surface area contributed by atoms with Crippen LogP contribution in [0.5, 0.6) is 0 Å². The highest BCUT2D eigenvalue weighted by Gasteiger charge is 2.57. The number of rotatable bonds is 11. The van der Waals surface area contributed by atoms with Crippen molar-refractivity contribution in [3.8, 4) is 0 Å². The maximum atomic E-state index is 12.1. The van der Waals surface area contributed by atoms with Gasteiger partial charge in [0.1, 0.15) is 43.2 Å². The molecule has 10 atom stereocenters. The van der Waals surface area contributed by atoms with Crippen LogP contribution >= 0.6 is 0 Å². The molecule has 3 aliphatic heterocycles. The molecule has 2 N–H and O–H groups in total. The molecule has 3 aliphatic rings.